The molecule has 0 amide bonds. The maximum absolute atomic E-state index is 11.9. The maximum Gasteiger partial charge on any atom is 0.356 e. The summed E-state index contributed by atoms with van der Waals surface area (Å²) in [6.45, 7) is 7.74. The van der Waals surface area contributed by atoms with Crippen LogP contribution in [0.15, 0.2) is 42.5 Å². The van der Waals surface area contributed by atoms with Gasteiger partial charge in [0, 0.05) is 12.1 Å². The molecule has 11 nitrogen and oxygen atoms in total. The highest BCUT2D eigenvalue weighted by Gasteiger charge is 2.55. The van der Waals surface area contributed by atoms with Crippen LogP contribution in [0.4, 0.5) is 5.69 Å². The van der Waals surface area contributed by atoms with Gasteiger partial charge in [-0.05, 0) is 31.4 Å². The highest BCUT2D eigenvalue weighted by atomic mass is 16.7. The van der Waals surface area contributed by atoms with Crippen molar-refractivity contribution in [1.82, 2.24) is 0 Å². The van der Waals surface area contributed by atoms with E-state index in [1.165, 1.54) is 43.5 Å². The van der Waals surface area contributed by atoms with Gasteiger partial charge in [-0.25, -0.2) is 0 Å². The fourth-order valence-electron chi connectivity index (χ4n) is 4.66. The molecule has 1 aliphatic heterocycles. The van der Waals surface area contributed by atoms with Crippen molar-refractivity contribution in [1.29, 1.82) is 0 Å². The van der Waals surface area contributed by atoms with Crippen LogP contribution in [-0.2, 0) is 14.2 Å². The van der Waals surface area contributed by atoms with Crippen LogP contribution in [0, 0.1) is 26.1 Å². The van der Waals surface area contributed by atoms with E-state index in [1.807, 2.05) is 6.92 Å². The van der Waals surface area contributed by atoms with E-state index in [0.29, 0.717) is 31.9 Å². The summed E-state index contributed by atoms with van der Waals surface area (Å²) >= 11 is 0. The van der Waals surface area contributed by atoms with E-state index < -0.39 is 22.9 Å². The summed E-state index contributed by atoms with van der Waals surface area (Å²) in [5.74, 6) is -0.0751. The number of ether oxygens (including phenoxy) is 4. The fraction of sp³-hybridized carbons (Fsp3) is 0.633. The number of hydrogen-bond donors (Lipinski definition) is 0. The summed E-state index contributed by atoms with van der Waals surface area (Å²) in [5.41, 5.74) is -1.75. The van der Waals surface area contributed by atoms with Gasteiger partial charge in [0.15, 0.2) is 12.6 Å². The van der Waals surface area contributed by atoms with Crippen molar-refractivity contribution in [2.75, 3.05) is 19.8 Å². The lowest BCUT2D eigenvalue weighted by molar-refractivity contribution is -0.631. The van der Waals surface area contributed by atoms with E-state index in [1.54, 1.807) is 18.2 Å². The van der Waals surface area contributed by atoms with E-state index in [-0.39, 0.29) is 22.3 Å². The average Bonchev–Trinajstić information content (AvgIpc) is 3.52. The third-order valence-corrected chi connectivity index (χ3v) is 7.00. The molecule has 0 aromatic heterocycles. The summed E-state index contributed by atoms with van der Waals surface area (Å²) < 4.78 is 22.5. The number of nitro benzene ring substituents is 1. The molecule has 41 heavy (non-hydrogen) atoms. The zero-order chi connectivity index (χ0) is 30.1. The zero-order valence-electron chi connectivity index (χ0n) is 24.4. The Bertz CT molecular complexity index is 1020. The van der Waals surface area contributed by atoms with Crippen molar-refractivity contribution in [2.24, 2.45) is 5.92 Å². The number of allylic oxidation sites excluding steroid dienone is 2. The van der Waals surface area contributed by atoms with Crippen LogP contribution in [0.25, 0.3) is 0 Å². The van der Waals surface area contributed by atoms with Gasteiger partial charge in [-0.15, -0.1) is 0 Å². The van der Waals surface area contributed by atoms with Gasteiger partial charge in [-0.2, -0.15) is 0 Å². The van der Waals surface area contributed by atoms with Crippen LogP contribution in [0.1, 0.15) is 88.9 Å². The highest BCUT2D eigenvalue weighted by molar-refractivity contribution is 5.82. The molecule has 3 rings (SSSR count). The second-order valence-corrected chi connectivity index (χ2v) is 10.0. The van der Waals surface area contributed by atoms with Crippen molar-refractivity contribution in [3.63, 3.8) is 0 Å². The molecule has 11 heteroatoms. The Morgan fingerprint density at radius 1 is 1.02 bits per heavy atom. The summed E-state index contributed by atoms with van der Waals surface area (Å²) in [4.78, 5) is 32.4. The summed E-state index contributed by atoms with van der Waals surface area (Å²) in [6.07, 6.45) is 15.7. The smallest absolute Gasteiger partial charge is 0.356 e. The van der Waals surface area contributed by atoms with Gasteiger partial charge in [0.2, 0.25) is 0 Å². The first-order chi connectivity index (χ1) is 19.8. The van der Waals surface area contributed by atoms with E-state index >= 15 is 0 Å². The van der Waals surface area contributed by atoms with Gasteiger partial charge in [-0.1, -0.05) is 77.5 Å². The number of carbonyl (C=O) groups is 1. The topological polar surface area (TPSA) is 140 Å². The maximum atomic E-state index is 11.9. The third kappa shape index (κ3) is 10.3. The normalized spacial score (nSPS) is 20.7. The fourth-order valence-corrected chi connectivity index (χ4v) is 4.66. The minimum absolute atomic E-state index is 0.0495. The van der Waals surface area contributed by atoms with E-state index in [9.17, 15) is 25.0 Å². The minimum Gasteiger partial charge on any atom is -0.494 e. The van der Waals surface area contributed by atoms with E-state index in [4.69, 9.17) is 18.9 Å². The number of aldehydes is 1. The van der Waals surface area contributed by atoms with Crippen molar-refractivity contribution in [3.8, 4) is 5.75 Å². The SMILES string of the molecule is CCCCC(CC)OC1([N+](=O)[O-])C=CC=CC1C1OCCO1.CCCCCCCOc1ccc([N+](=O)[O-])c(C=O)c1. The first-order valence-corrected chi connectivity index (χ1v) is 14.6. The van der Waals surface area contributed by atoms with Crippen molar-refractivity contribution in [2.45, 2.75) is 96.7 Å². The third-order valence-electron chi connectivity index (χ3n) is 7.00. The number of hydrogen-bond acceptors (Lipinski definition) is 9. The first kappa shape index (κ1) is 34.1. The summed E-state index contributed by atoms with van der Waals surface area (Å²) in [5, 5.41) is 22.5. The molecule has 1 aromatic carbocycles. The molecule has 1 fully saturated rings. The Balaban J connectivity index is 0.000000290. The Kier molecular flexibility index (Phi) is 15.2. The van der Waals surface area contributed by atoms with Crippen LogP contribution in [-0.4, -0.2) is 54.1 Å². The van der Waals surface area contributed by atoms with Crippen LogP contribution in [0.5, 0.6) is 5.75 Å². The number of nitro groups is 2. The predicted octanol–water partition coefficient (Wildman–Crippen LogP) is 6.82. The van der Waals surface area contributed by atoms with E-state index in [2.05, 4.69) is 13.8 Å². The molecule has 1 saturated heterocycles. The van der Waals surface area contributed by atoms with Crippen LogP contribution in [0.3, 0.4) is 0 Å². The minimum atomic E-state index is -1.61. The number of benzene rings is 1. The van der Waals surface area contributed by atoms with E-state index in [0.717, 1.165) is 38.5 Å². The molecule has 0 radical (unpaired) electrons. The molecule has 3 unspecified atom stereocenters. The Hall–Kier alpha value is -3.15. The molecular weight excluding hydrogens is 532 g/mol. The molecule has 3 atom stereocenters. The molecule has 228 valence electrons. The van der Waals surface area contributed by atoms with Crippen molar-refractivity contribution >= 4 is 12.0 Å². The van der Waals surface area contributed by atoms with Gasteiger partial charge in [0.25, 0.3) is 5.69 Å². The van der Waals surface area contributed by atoms with Crippen LogP contribution in [0.2, 0.25) is 0 Å². The van der Waals surface area contributed by atoms with Crippen LogP contribution < -0.4 is 4.74 Å². The Labute approximate surface area is 242 Å². The van der Waals surface area contributed by atoms with Gasteiger partial charge in [0.1, 0.15) is 11.7 Å². The number of nitrogens with zero attached hydrogens (tertiary/aromatic N) is 2. The molecule has 1 aliphatic carbocycles. The molecular formula is C30H44N2O9. The molecule has 2 aliphatic rings. The molecule has 0 spiro atoms. The number of unbranched alkanes of at least 4 members (excludes halogenated alkanes) is 5. The lowest BCUT2D eigenvalue weighted by Gasteiger charge is -2.35. The predicted molar refractivity (Wildman–Crippen MR) is 155 cm³/mol. The molecule has 1 heterocycles. The Morgan fingerprint density at radius 3 is 2.34 bits per heavy atom. The van der Waals surface area contributed by atoms with Crippen molar-refractivity contribution in [3.05, 3.63) is 68.3 Å². The van der Waals surface area contributed by atoms with Gasteiger partial charge < -0.3 is 18.9 Å². The second-order valence-electron chi connectivity index (χ2n) is 10.0. The lowest BCUT2D eigenvalue weighted by atomic mass is 9.90. The average molecular weight is 577 g/mol. The quantitative estimate of drug-likeness (QED) is 0.0642. The Morgan fingerprint density at radius 2 is 1.73 bits per heavy atom. The van der Waals surface area contributed by atoms with Crippen LogP contribution >= 0.6 is 0 Å². The van der Waals surface area contributed by atoms with Crippen molar-refractivity contribution < 1.29 is 33.6 Å². The monoisotopic (exact) mass is 576 g/mol. The number of carbonyl (C=O) groups excluding carboxylic acids is 1. The standard InChI is InChI=1S/C16H25NO5.C14H19NO4/c1-3-5-8-13(4-2)22-16(17(18)19)10-7-6-9-14(16)15-20-11-12-21-15;1-2-3-4-5-6-9-19-13-7-8-14(15(17)18)12(10-13)11-16/h6-7,9-10,13-15H,3-5,8,11-12H2,1-2H3;7-8,10-11H,2-6,9H2,1H3. The largest absolute Gasteiger partial charge is 0.494 e. The number of rotatable bonds is 17. The summed E-state index contributed by atoms with van der Waals surface area (Å²) in [6, 6.07) is 4.24. The van der Waals surface area contributed by atoms with Gasteiger partial charge >= 0.3 is 5.72 Å². The molecule has 0 bridgehead atoms. The van der Waals surface area contributed by atoms with Gasteiger partial charge in [-0.3, -0.25) is 25.0 Å². The highest BCUT2D eigenvalue weighted by Crippen LogP contribution is 2.37. The molecule has 0 saturated carbocycles. The second kappa shape index (κ2) is 18.3. The summed E-state index contributed by atoms with van der Waals surface area (Å²) in [7, 11) is 0. The molecule has 0 N–H and O–H groups in total. The van der Waals surface area contributed by atoms with Gasteiger partial charge in [0.05, 0.1) is 41.3 Å². The first-order valence-electron chi connectivity index (χ1n) is 14.6. The zero-order valence-corrected chi connectivity index (χ0v) is 24.4. The molecule has 1 aromatic rings. The lowest BCUT2D eigenvalue weighted by Crippen LogP contribution is -2.53.